The van der Waals surface area contributed by atoms with E-state index < -0.39 is 10.2 Å². The van der Waals surface area contributed by atoms with Crippen molar-refractivity contribution in [3.63, 3.8) is 0 Å². The van der Waals surface area contributed by atoms with Crippen molar-refractivity contribution in [3.05, 3.63) is 0 Å². The SMILES string of the molecule is O.O.O.O.O.O.O.O.O.[Al+3].[O-][Cl+3]([O-])([O-])[O-]. The van der Waals surface area contributed by atoms with Crippen LogP contribution < -0.4 is 18.6 Å². The molecule has 0 rings (SSSR count). The van der Waals surface area contributed by atoms with Gasteiger partial charge in [0, 0.05) is 0 Å². The fraction of sp³-hybridized carbons (Fsp3) is 0. The summed E-state index contributed by atoms with van der Waals surface area (Å²) in [6.45, 7) is 0. The third-order valence-electron chi connectivity index (χ3n) is 0. The van der Waals surface area contributed by atoms with Crippen LogP contribution in [0.1, 0.15) is 0 Å². The molecule has 0 aromatic heterocycles. The quantitative estimate of drug-likeness (QED) is 0.391. The fourth-order valence-electron chi connectivity index (χ4n) is 0. The Morgan fingerprint density at radius 1 is 0.400 bits per heavy atom. The van der Waals surface area contributed by atoms with Gasteiger partial charge in [-0.15, -0.1) is 10.2 Å². The Bertz CT molecular complexity index is 26.0. The van der Waals surface area contributed by atoms with E-state index in [4.69, 9.17) is 18.6 Å². The van der Waals surface area contributed by atoms with Crippen LogP contribution in [0.5, 0.6) is 0 Å². The molecule has 0 aromatic carbocycles. The summed E-state index contributed by atoms with van der Waals surface area (Å²) in [5.74, 6) is 0. The first-order valence-corrected chi connectivity index (χ1v) is 1.85. The van der Waals surface area contributed by atoms with Gasteiger partial charge >= 0.3 is 17.4 Å². The van der Waals surface area contributed by atoms with Crippen LogP contribution in [0.25, 0.3) is 0 Å². The van der Waals surface area contributed by atoms with Crippen LogP contribution in [0.4, 0.5) is 0 Å². The number of rotatable bonds is 0. The Morgan fingerprint density at radius 2 is 0.400 bits per heavy atom. The minimum Gasteiger partial charge on any atom is -0.412 e. The molecule has 104 valence electrons. The molecule has 0 aromatic rings. The van der Waals surface area contributed by atoms with Gasteiger partial charge < -0.3 is 49.3 Å². The van der Waals surface area contributed by atoms with Gasteiger partial charge in [0.2, 0.25) is 0 Å². The zero-order valence-corrected chi connectivity index (χ0v) is 9.00. The van der Waals surface area contributed by atoms with Gasteiger partial charge in [-0.2, -0.15) is 0 Å². The summed E-state index contributed by atoms with van der Waals surface area (Å²) in [4.78, 5) is 0. The van der Waals surface area contributed by atoms with Crippen LogP contribution in [-0.2, 0) is 0 Å². The van der Waals surface area contributed by atoms with Gasteiger partial charge in [0.15, 0.2) is 0 Å². The topological polar surface area (TPSA) is 376 Å². The van der Waals surface area contributed by atoms with Gasteiger partial charge in [-0.1, -0.05) is 0 Å². The first-order valence-electron chi connectivity index (χ1n) is 0.617. The smallest absolute Gasteiger partial charge is 0.412 e. The van der Waals surface area contributed by atoms with Crippen molar-refractivity contribution in [1.82, 2.24) is 0 Å². The van der Waals surface area contributed by atoms with E-state index in [1.807, 2.05) is 0 Å². The van der Waals surface area contributed by atoms with Gasteiger partial charge in [0.1, 0.15) is 0 Å². The van der Waals surface area contributed by atoms with E-state index in [1.54, 1.807) is 0 Å². The number of halogens is 1. The van der Waals surface area contributed by atoms with E-state index in [1.165, 1.54) is 0 Å². The van der Waals surface area contributed by atoms with Gasteiger partial charge in [-0.05, 0) is 0 Å². The van der Waals surface area contributed by atoms with Crippen molar-refractivity contribution in [2.75, 3.05) is 0 Å². The third kappa shape index (κ3) is 23700. The van der Waals surface area contributed by atoms with E-state index in [2.05, 4.69) is 0 Å². The van der Waals surface area contributed by atoms with Crippen molar-refractivity contribution in [1.29, 1.82) is 0 Å². The Labute approximate surface area is 96.2 Å². The molecule has 0 amide bonds. The average Bonchev–Trinajstić information content (AvgIpc) is 0.722. The maximum Gasteiger partial charge on any atom is 3.00 e. The fourth-order valence-corrected chi connectivity index (χ4v) is 0. The normalized spacial score (nSPS) is 4.00. The third-order valence-corrected chi connectivity index (χ3v) is 0. The molecule has 0 heterocycles. The molecule has 0 aliphatic carbocycles. The van der Waals surface area contributed by atoms with Gasteiger partial charge in [-0.25, -0.2) is 18.6 Å². The molecular weight excluding hydrogens is 270 g/mol. The summed E-state index contributed by atoms with van der Waals surface area (Å²) >= 11 is 0. The molecule has 0 atom stereocenters. The molecule has 18 N–H and O–H groups in total. The average molecular weight is 289 g/mol. The molecule has 0 fully saturated rings. The zero-order valence-electron chi connectivity index (χ0n) is 7.09. The Hall–Kier alpha value is 0.302. The standard InChI is InChI=1S/Al.ClHO4.9H2O/c;2-1(3,4)5;;;;;;;;;/h;(H,2,3,4,5);9*1H2/q+3;;;;;;;;;;/p-1. The largest absolute Gasteiger partial charge is 3.00 e. The maximum atomic E-state index is 8.49. The summed E-state index contributed by atoms with van der Waals surface area (Å²) in [5, 5.41) is 0. The number of hydrogen-bond acceptors (Lipinski definition) is 4. The van der Waals surface area contributed by atoms with E-state index in [0.717, 1.165) is 0 Å². The second-order valence-electron chi connectivity index (χ2n) is 0.378. The van der Waals surface area contributed by atoms with Crippen molar-refractivity contribution in [2.24, 2.45) is 0 Å². The summed E-state index contributed by atoms with van der Waals surface area (Å²) in [6, 6.07) is 0. The summed E-state index contributed by atoms with van der Waals surface area (Å²) in [6.07, 6.45) is 0. The second-order valence-corrected chi connectivity index (χ2v) is 1.13. The molecule has 0 bridgehead atoms. The predicted octanol–water partition coefficient (Wildman–Crippen LogP) is -12.6. The molecule has 15 heavy (non-hydrogen) atoms. The minimum atomic E-state index is -4.94. The van der Waals surface area contributed by atoms with Gasteiger partial charge in [0.25, 0.3) is 0 Å². The first kappa shape index (κ1) is 169. The van der Waals surface area contributed by atoms with Crippen molar-refractivity contribution in [2.45, 2.75) is 0 Å². The van der Waals surface area contributed by atoms with Gasteiger partial charge in [-0.3, -0.25) is 0 Å². The Morgan fingerprint density at radius 3 is 0.400 bits per heavy atom. The van der Waals surface area contributed by atoms with E-state index in [-0.39, 0.29) is 66.6 Å². The molecule has 0 aliphatic heterocycles. The second kappa shape index (κ2) is 63.7. The summed E-state index contributed by atoms with van der Waals surface area (Å²) in [7, 11) is -4.94. The molecule has 0 saturated carbocycles. The van der Waals surface area contributed by atoms with E-state index in [0.29, 0.717) is 0 Å². The Balaban J connectivity index is -0.00000000178. The van der Waals surface area contributed by atoms with Gasteiger partial charge in [0.05, 0.1) is 0 Å². The van der Waals surface area contributed by atoms with Crippen molar-refractivity contribution in [3.8, 4) is 0 Å². The molecule has 0 saturated heterocycles. The molecule has 0 unspecified atom stereocenters. The minimum absolute atomic E-state index is 0. The van der Waals surface area contributed by atoms with E-state index in [9.17, 15) is 0 Å². The summed E-state index contributed by atoms with van der Waals surface area (Å²) < 4.78 is 34.0. The maximum absolute atomic E-state index is 8.49. The molecule has 15 heteroatoms. The van der Waals surface area contributed by atoms with Crippen LogP contribution in [0.3, 0.4) is 0 Å². The number of hydrogen-bond donors (Lipinski definition) is 0. The molecule has 0 aliphatic rings. The Kier molecular flexibility index (Phi) is 718. The molecule has 13 nitrogen and oxygen atoms in total. The van der Waals surface area contributed by atoms with Crippen molar-refractivity contribution < 1.29 is 78.2 Å². The van der Waals surface area contributed by atoms with Crippen LogP contribution in [-0.4, -0.2) is 66.6 Å². The summed E-state index contributed by atoms with van der Waals surface area (Å²) in [5.41, 5.74) is 0. The molecular formula is H18AlClO13+2. The molecule has 0 spiro atoms. The van der Waals surface area contributed by atoms with Crippen LogP contribution in [0, 0.1) is 10.2 Å². The molecule has 0 radical (unpaired) electrons. The van der Waals surface area contributed by atoms with E-state index >= 15 is 0 Å². The first-order chi connectivity index (χ1) is 2.00. The zero-order chi connectivity index (χ0) is 4.50. The predicted molar refractivity (Wildman–Crippen MR) is 38.3 cm³/mol. The van der Waals surface area contributed by atoms with Crippen LogP contribution in [0.15, 0.2) is 0 Å². The van der Waals surface area contributed by atoms with Crippen LogP contribution in [0.2, 0.25) is 0 Å². The van der Waals surface area contributed by atoms with Crippen molar-refractivity contribution >= 4 is 17.4 Å². The monoisotopic (exact) mass is 288 g/mol. The van der Waals surface area contributed by atoms with Crippen LogP contribution >= 0.6 is 0 Å².